The number of nitro groups is 1. The lowest BCUT2D eigenvalue weighted by Gasteiger charge is -1.99. The van der Waals surface area contributed by atoms with Gasteiger partial charge in [-0.05, 0) is 18.2 Å². The third-order valence-electron chi connectivity index (χ3n) is 2.86. The van der Waals surface area contributed by atoms with Crippen molar-refractivity contribution in [1.82, 2.24) is 9.38 Å². The first kappa shape index (κ1) is 12.4. The molecule has 100 valence electrons. The van der Waals surface area contributed by atoms with Gasteiger partial charge in [-0.25, -0.2) is 4.98 Å². The zero-order chi connectivity index (χ0) is 14.3. The van der Waals surface area contributed by atoms with Gasteiger partial charge in [-0.2, -0.15) is 0 Å². The Bertz CT molecular complexity index is 836. The fourth-order valence-corrected chi connectivity index (χ4v) is 2.87. The molecule has 0 fully saturated rings. The van der Waals surface area contributed by atoms with Crippen LogP contribution in [0.1, 0.15) is 4.88 Å². The first-order valence-electron chi connectivity index (χ1n) is 5.67. The molecule has 3 aromatic rings. The van der Waals surface area contributed by atoms with Crippen LogP contribution in [0.4, 0.5) is 11.5 Å². The van der Waals surface area contributed by atoms with Crippen LogP contribution in [0.2, 0.25) is 0 Å². The van der Waals surface area contributed by atoms with Gasteiger partial charge in [0, 0.05) is 17.1 Å². The van der Waals surface area contributed by atoms with Crippen molar-refractivity contribution < 1.29 is 4.92 Å². The summed E-state index contributed by atoms with van der Waals surface area (Å²) in [4.78, 5) is 27.5. The van der Waals surface area contributed by atoms with E-state index >= 15 is 0 Å². The number of nitro benzene ring substituents is 1. The van der Waals surface area contributed by atoms with Crippen LogP contribution in [0.5, 0.6) is 0 Å². The number of rotatable bonds is 3. The summed E-state index contributed by atoms with van der Waals surface area (Å²) in [5, 5.41) is 14.1. The molecule has 20 heavy (non-hydrogen) atoms. The molecule has 1 aromatic carbocycles. The highest BCUT2D eigenvalue weighted by molar-refractivity contribution is 7.17. The van der Waals surface area contributed by atoms with Crippen LogP contribution in [0.25, 0.3) is 16.2 Å². The highest BCUT2D eigenvalue weighted by atomic mass is 32.1. The summed E-state index contributed by atoms with van der Waals surface area (Å²) in [5.41, 5.74) is 0.430. The second-order valence-electron chi connectivity index (χ2n) is 4.14. The fourth-order valence-electron chi connectivity index (χ4n) is 2.05. The van der Waals surface area contributed by atoms with E-state index in [1.54, 1.807) is 28.8 Å². The first-order chi connectivity index (χ1) is 9.61. The van der Waals surface area contributed by atoms with Gasteiger partial charge in [-0.3, -0.25) is 14.5 Å². The monoisotopic (exact) mass is 288 g/mol. The zero-order valence-corrected chi connectivity index (χ0v) is 11.1. The van der Waals surface area contributed by atoms with Crippen molar-refractivity contribution in [3.63, 3.8) is 0 Å². The van der Waals surface area contributed by atoms with Gasteiger partial charge in [0.15, 0.2) is 4.96 Å². The Morgan fingerprint density at radius 1 is 1.40 bits per heavy atom. The van der Waals surface area contributed by atoms with Gasteiger partial charge in [0.2, 0.25) is 5.82 Å². The van der Waals surface area contributed by atoms with Crippen molar-refractivity contribution in [2.45, 2.75) is 6.92 Å². The van der Waals surface area contributed by atoms with E-state index in [1.165, 1.54) is 17.4 Å². The van der Waals surface area contributed by atoms with Gasteiger partial charge >= 0.3 is 0 Å². The van der Waals surface area contributed by atoms with E-state index in [0.29, 0.717) is 10.5 Å². The van der Waals surface area contributed by atoms with Crippen LogP contribution in [0.3, 0.4) is 0 Å². The summed E-state index contributed by atoms with van der Waals surface area (Å²) >= 11 is 1.39. The lowest BCUT2D eigenvalue weighted by atomic mass is 10.1. The molecule has 0 aliphatic rings. The molecule has 2 heterocycles. The topological polar surface area (TPSA) is 89.9 Å². The molecule has 8 heteroatoms. The van der Waals surface area contributed by atoms with E-state index < -0.39 is 4.92 Å². The van der Waals surface area contributed by atoms with Crippen molar-refractivity contribution in [2.24, 2.45) is 5.18 Å². The number of aryl methyl sites for hydroxylation is 1. The first-order valence-corrected chi connectivity index (χ1v) is 6.49. The number of hydrogen-bond acceptors (Lipinski definition) is 6. The highest BCUT2D eigenvalue weighted by Gasteiger charge is 2.23. The molecule has 0 aliphatic heterocycles. The third-order valence-corrected chi connectivity index (χ3v) is 3.76. The molecule has 0 saturated carbocycles. The van der Waals surface area contributed by atoms with Crippen LogP contribution >= 0.6 is 11.3 Å². The lowest BCUT2D eigenvalue weighted by Crippen LogP contribution is -1.91. The molecule has 0 unspecified atom stereocenters. The van der Waals surface area contributed by atoms with Crippen LogP contribution < -0.4 is 0 Å². The average Bonchev–Trinajstić information content (AvgIpc) is 2.94. The number of aromatic nitrogens is 2. The lowest BCUT2D eigenvalue weighted by molar-refractivity contribution is -0.384. The second-order valence-corrected chi connectivity index (χ2v) is 5.36. The van der Waals surface area contributed by atoms with E-state index in [2.05, 4.69) is 10.2 Å². The molecule has 0 amide bonds. The second kappa shape index (κ2) is 4.49. The minimum atomic E-state index is -0.497. The number of nitroso groups, excluding NO2 is 1. The average molecular weight is 288 g/mol. The smallest absolute Gasteiger partial charge is 0.271 e. The van der Waals surface area contributed by atoms with Gasteiger partial charge in [0.05, 0.1) is 10.5 Å². The maximum Gasteiger partial charge on any atom is 0.278 e. The van der Waals surface area contributed by atoms with E-state index in [4.69, 9.17) is 0 Å². The van der Waals surface area contributed by atoms with Crippen LogP contribution in [0, 0.1) is 21.9 Å². The summed E-state index contributed by atoms with van der Waals surface area (Å²) in [6, 6.07) is 6.17. The van der Waals surface area contributed by atoms with Crippen molar-refractivity contribution in [2.75, 3.05) is 0 Å². The van der Waals surface area contributed by atoms with Crippen LogP contribution in [-0.2, 0) is 0 Å². The van der Waals surface area contributed by atoms with E-state index in [0.717, 1.165) is 4.88 Å². The molecule has 0 bridgehead atoms. The maximum absolute atomic E-state index is 11.1. The molecule has 3 rings (SSSR count). The predicted octanol–water partition coefficient (Wildman–Crippen LogP) is 3.68. The molecule has 2 aromatic heterocycles. The van der Waals surface area contributed by atoms with Crippen molar-refractivity contribution in [3.05, 3.63) is 50.4 Å². The largest absolute Gasteiger partial charge is 0.278 e. The standard InChI is InChI=1S/C12H8N4O3S/c1-7-6-15-11(14-17)10(13-12(15)20-7)8-4-2-3-5-9(8)16(18)19/h2-6H,1H3. The van der Waals surface area contributed by atoms with Gasteiger partial charge in [0.1, 0.15) is 5.69 Å². The summed E-state index contributed by atoms with van der Waals surface area (Å²) in [5.74, 6) is 0.0821. The molecule has 0 atom stereocenters. The Kier molecular flexibility index (Phi) is 2.79. The van der Waals surface area contributed by atoms with E-state index in [1.807, 2.05) is 6.92 Å². The minimum Gasteiger partial charge on any atom is -0.271 e. The van der Waals surface area contributed by atoms with Crippen molar-refractivity contribution >= 4 is 27.8 Å². The number of nitrogens with zero attached hydrogens (tertiary/aromatic N) is 4. The molecular weight excluding hydrogens is 280 g/mol. The van der Waals surface area contributed by atoms with Gasteiger partial charge < -0.3 is 0 Å². The molecule has 0 saturated heterocycles. The van der Waals surface area contributed by atoms with Gasteiger partial charge in [-0.1, -0.05) is 12.1 Å². The SMILES string of the molecule is Cc1cn2c(N=O)c(-c3ccccc3[N+](=O)[O-])nc2s1. The molecule has 0 N–H and O–H groups in total. The summed E-state index contributed by atoms with van der Waals surface area (Å²) in [7, 11) is 0. The number of fused-ring (bicyclic) bond motifs is 1. The van der Waals surface area contributed by atoms with Gasteiger partial charge in [-0.15, -0.1) is 16.2 Å². The quantitative estimate of drug-likeness (QED) is 0.417. The number of hydrogen-bond donors (Lipinski definition) is 0. The van der Waals surface area contributed by atoms with Crippen LogP contribution in [-0.4, -0.2) is 14.3 Å². The number of thiazole rings is 1. The Balaban J connectivity index is 2.32. The van der Waals surface area contributed by atoms with Crippen LogP contribution in [0.15, 0.2) is 35.6 Å². The molecule has 7 nitrogen and oxygen atoms in total. The predicted molar refractivity (Wildman–Crippen MR) is 75.4 cm³/mol. The zero-order valence-electron chi connectivity index (χ0n) is 10.3. The molecular formula is C12H8N4O3S. The van der Waals surface area contributed by atoms with E-state index in [9.17, 15) is 15.0 Å². The van der Waals surface area contributed by atoms with Crippen molar-refractivity contribution in [1.29, 1.82) is 0 Å². The summed E-state index contributed by atoms with van der Waals surface area (Å²) in [6.45, 7) is 1.89. The molecule has 0 radical (unpaired) electrons. The number of para-hydroxylation sites is 1. The third kappa shape index (κ3) is 1.77. The highest BCUT2D eigenvalue weighted by Crippen LogP contribution is 2.37. The summed E-state index contributed by atoms with van der Waals surface area (Å²) < 4.78 is 1.55. The Morgan fingerprint density at radius 2 is 2.15 bits per heavy atom. The minimum absolute atomic E-state index is 0.0821. The normalized spacial score (nSPS) is 10.8. The Hall–Kier alpha value is -2.61. The number of benzene rings is 1. The molecule has 0 spiro atoms. The number of imidazole rings is 1. The van der Waals surface area contributed by atoms with E-state index in [-0.39, 0.29) is 17.2 Å². The summed E-state index contributed by atoms with van der Waals surface area (Å²) in [6.07, 6.45) is 1.74. The Labute approximate surface area is 116 Å². The fraction of sp³-hybridized carbons (Fsp3) is 0.0833. The maximum atomic E-state index is 11.1. The molecule has 0 aliphatic carbocycles. The van der Waals surface area contributed by atoms with Gasteiger partial charge in [0.25, 0.3) is 5.69 Å². The van der Waals surface area contributed by atoms with Crippen molar-refractivity contribution in [3.8, 4) is 11.3 Å². The Morgan fingerprint density at radius 3 is 2.85 bits per heavy atom.